The molecule has 0 fully saturated rings. The third-order valence-electron chi connectivity index (χ3n) is 1.38. The molecule has 1 heterocycles. The molecule has 1 N–H and O–H groups in total. The molecule has 0 aromatic rings. The van der Waals surface area contributed by atoms with Crippen molar-refractivity contribution < 1.29 is 14.7 Å². The summed E-state index contributed by atoms with van der Waals surface area (Å²) in [5, 5.41) is 7.92. The van der Waals surface area contributed by atoms with Gasteiger partial charge in [0.1, 0.15) is 10.1 Å². The summed E-state index contributed by atoms with van der Waals surface area (Å²) < 4.78 is 0. The molecule has 0 saturated carbocycles. The van der Waals surface area contributed by atoms with Crippen molar-refractivity contribution in [3.05, 3.63) is 10.1 Å². The molecule has 0 aromatic heterocycles. The van der Waals surface area contributed by atoms with Crippen molar-refractivity contribution >= 4 is 35.0 Å². The average Bonchev–Trinajstić information content (AvgIpc) is 2.23. The van der Waals surface area contributed by atoms with Gasteiger partial charge in [-0.15, -0.1) is 0 Å². The van der Waals surface area contributed by atoms with Crippen molar-refractivity contribution in [1.82, 2.24) is 4.90 Å². The number of hydrogen-bond acceptors (Lipinski definition) is 3. The van der Waals surface area contributed by atoms with E-state index < -0.39 is 11.8 Å². The van der Waals surface area contributed by atoms with E-state index in [1.807, 2.05) is 0 Å². The molecular weight excluding hydrogens is 205 g/mol. The molecule has 6 heteroatoms. The van der Waals surface area contributed by atoms with E-state index in [1.165, 1.54) is 0 Å². The van der Waals surface area contributed by atoms with E-state index in [0.29, 0.717) is 0 Å². The maximum atomic E-state index is 11.0. The van der Waals surface area contributed by atoms with Crippen molar-refractivity contribution in [2.24, 2.45) is 0 Å². The second-order valence-electron chi connectivity index (χ2n) is 2.11. The number of carbonyl (C=O) groups is 2. The Morgan fingerprint density at radius 3 is 1.92 bits per heavy atom. The van der Waals surface area contributed by atoms with Crippen LogP contribution in [-0.4, -0.2) is 35.0 Å². The zero-order chi connectivity index (χ0) is 9.30. The van der Waals surface area contributed by atoms with Gasteiger partial charge in [-0.2, -0.15) is 0 Å². The van der Waals surface area contributed by atoms with Gasteiger partial charge in [0.05, 0.1) is 13.2 Å². The van der Waals surface area contributed by atoms with Gasteiger partial charge < -0.3 is 5.11 Å². The Morgan fingerprint density at radius 2 is 1.58 bits per heavy atom. The SMILES string of the molecule is O=C1C(Cl)=C(Cl)C(=O)N1CCO. The number of hydrogen-bond donors (Lipinski definition) is 1. The average molecular weight is 210 g/mol. The number of rotatable bonds is 2. The topological polar surface area (TPSA) is 57.6 Å². The van der Waals surface area contributed by atoms with Crippen LogP contribution in [0.5, 0.6) is 0 Å². The van der Waals surface area contributed by atoms with Gasteiger partial charge in [-0.25, -0.2) is 0 Å². The lowest BCUT2D eigenvalue weighted by molar-refractivity contribution is -0.137. The molecule has 0 radical (unpaired) electrons. The predicted molar refractivity (Wildman–Crippen MR) is 42.5 cm³/mol. The van der Waals surface area contributed by atoms with Crippen LogP contribution >= 0.6 is 23.2 Å². The third-order valence-corrected chi connectivity index (χ3v) is 2.18. The fourth-order valence-electron chi connectivity index (χ4n) is 0.820. The van der Waals surface area contributed by atoms with Crippen molar-refractivity contribution in [2.45, 2.75) is 0 Å². The molecule has 1 aliphatic rings. The first-order chi connectivity index (χ1) is 5.59. The highest BCUT2D eigenvalue weighted by atomic mass is 35.5. The van der Waals surface area contributed by atoms with Gasteiger partial charge in [0.15, 0.2) is 0 Å². The Hall–Kier alpha value is -0.580. The lowest BCUT2D eigenvalue weighted by atomic mass is 10.5. The first kappa shape index (κ1) is 9.51. The molecule has 1 rings (SSSR count). The third kappa shape index (κ3) is 1.33. The van der Waals surface area contributed by atoms with Crippen molar-refractivity contribution in [1.29, 1.82) is 0 Å². The van der Waals surface area contributed by atoms with E-state index in [2.05, 4.69) is 0 Å². The monoisotopic (exact) mass is 209 g/mol. The summed E-state index contributed by atoms with van der Waals surface area (Å²) in [7, 11) is 0. The Balaban J connectivity index is 2.88. The Kier molecular flexibility index (Phi) is 2.72. The fraction of sp³-hybridized carbons (Fsp3) is 0.333. The molecule has 12 heavy (non-hydrogen) atoms. The van der Waals surface area contributed by atoms with Crippen molar-refractivity contribution in [3.8, 4) is 0 Å². The van der Waals surface area contributed by atoms with Gasteiger partial charge in [0, 0.05) is 0 Å². The zero-order valence-corrected chi connectivity index (χ0v) is 7.39. The summed E-state index contributed by atoms with van der Waals surface area (Å²) in [5.41, 5.74) is 0. The number of β-amino-alcohol motifs (C(OH)–C–C–N with tert-alkyl or cyclic N) is 1. The number of imide groups is 1. The molecule has 1 aliphatic heterocycles. The molecule has 0 atom stereocenters. The second-order valence-corrected chi connectivity index (χ2v) is 2.87. The van der Waals surface area contributed by atoms with Crippen LogP contribution in [0.25, 0.3) is 0 Å². The number of nitrogens with zero attached hydrogens (tertiary/aromatic N) is 1. The minimum atomic E-state index is -0.652. The van der Waals surface area contributed by atoms with E-state index in [0.717, 1.165) is 4.90 Å². The van der Waals surface area contributed by atoms with Gasteiger partial charge in [-0.3, -0.25) is 14.5 Å². The second kappa shape index (κ2) is 3.43. The van der Waals surface area contributed by atoms with Crippen LogP contribution in [0, 0.1) is 0 Å². The lowest BCUT2D eigenvalue weighted by Crippen LogP contribution is -2.33. The van der Waals surface area contributed by atoms with Crippen LogP contribution in [0.1, 0.15) is 0 Å². The largest absolute Gasteiger partial charge is 0.395 e. The van der Waals surface area contributed by atoms with Gasteiger partial charge in [-0.05, 0) is 0 Å². The van der Waals surface area contributed by atoms with E-state index in [9.17, 15) is 9.59 Å². The molecular formula is C6H5Cl2NO3. The Morgan fingerprint density at radius 1 is 1.17 bits per heavy atom. The minimum Gasteiger partial charge on any atom is -0.395 e. The predicted octanol–water partition coefficient (Wildman–Crippen LogP) is 0.0367. The number of aliphatic hydroxyl groups is 1. The maximum Gasteiger partial charge on any atom is 0.274 e. The van der Waals surface area contributed by atoms with Crippen molar-refractivity contribution in [2.75, 3.05) is 13.2 Å². The molecule has 0 spiro atoms. The van der Waals surface area contributed by atoms with E-state index in [-0.39, 0.29) is 23.2 Å². The highest BCUT2D eigenvalue weighted by molar-refractivity contribution is 6.58. The van der Waals surface area contributed by atoms with E-state index >= 15 is 0 Å². The summed E-state index contributed by atoms with van der Waals surface area (Å²) in [6.45, 7) is -0.379. The smallest absolute Gasteiger partial charge is 0.274 e. The maximum absolute atomic E-state index is 11.0. The molecule has 0 bridgehead atoms. The fourth-order valence-corrected chi connectivity index (χ4v) is 1.19. The van der Waals surface area contributed by atoms with E-state index in [4.69, 9.17) is 28.3 Å². The first-order valence-electron chi connectivity index (χ1n) is 3.12. The molecule has 0 aliphatic carbocycles. The summed E-state index contributed by atoms with van der Waals surface area (Å²) in [5.74, 6) is -1.30. The number of carbonyl (C=O) groups excluding carboxylic acids is 2. The van der Waals surface area contributed by atoms with Gasteiger partial charge in [0.2, 0.25) is 0 Å². The highest BCUT2D eigenvalue weighted by Crippen LogP contribution is 2.25. The summed E-state index contributed by atoms with van der Waals surface area (Å²) in [6, 6.07) is 0. The van der Waals surface area contributed by atoms with Crippen LogP contribution in [0.15, 0.2) is 10.1 Å². The summed E-state index contributed by atoms with van der Waals surface area (Å²) in [6.07, 6.45) is 0. The normalized spacial score (nSPS) is 18.1. The van der Waals surface area contributed by atoms with Crippen LogP contribution in [0.4, 0.5) is 0 Å². The standard InChI is InChI=1S/C6H5Cl2NO3/c7-3-4(8)6(12)9(1-2-10)5(3)11/h10H,1-2H2. The Labute approximate surface area is 78.4 Å². The molecule has 0 unspecified atom stereocenters. The Bertz CT molecular complexity index is 250. The number of aliphatic hydroxyl groups excluding tert-OH is 1. The highest BCUT2D eigenvalue weighted by Gasteiger charge is 2.35. The van der Waals surface area contributed by atoms with Gasteiger partial charge in [-0.1, -0.05) is 23.2 Å². The molecule has 0 saturated heterocycles. The van der Waals surface area contributed by atoms with Crippen molar-refractivity contribution in [3.63, 3.8) is 0 Å². The molecule has 66 valence electrons. The number of amides is 2. The first-order valence-corrected chi connectivity index (χ1v) is 3.87. The minimum absolute atomic E-state index is 0.0793. The quantitative estimate of drug-likeness (QED) is 0.654. The van der Waals surface area contributed by atoms with Gasteiger partial charge in [0.25, 0.3) is 11.8 Å². The van der Waals surface area contributed by atoms with Crippen LogP contribution in [0.3, 0.4) is 0 Å². The molecule has 4 nitrogen and oxygen atoms in total. The van der Waals surface area contributed by atoms with Gasteiger partial charge >= 0.3 is 0 Å². The summed E-state index contributed by atoms with van der Waals surface area (Å²) in [4.78, 5) is 22.9. The van der Waals surface area contributed by atoms with Crippen LogP contribution < -0.4 is 0 Å². The lowest BCUT2D eigenvalue weighted by Gasteiger charge is -2.10. The molecule has 2 amide bonds. The molecule has 0 aromatic carbocycles. The van der Waals surface area contributed by atoms with Crippen LogP contribution in [0.2, 0.25) is 0 Å². The zero-order valence-electron chi connectivity index (χ0n) is 5.88. The number of halogens is 2. The summed E-state index contributed by atoms with van der Waals surface area (Å²) >= 11 is 10.8. The van der Waals surface area contributed by atoms with Crippen LogP contribution in [-0.2, 0) is 9.59 Å². The van der Waals surface area contributed by atoms with E-state index in [1.54, 1.807) is 0 Å².